The van der Waals surface area contributed by atoms with E-state index in [0.717, 1.165) is 115 Å². The molecule has 0 saturated heterocycles. The molecule has 3 N–H and O–H groups in total. The minimum absolute atomic E-state index is 0.103. The van der Waals surface area contributed by atoms with Crippen LogP contribution in [0.4, 0.5) is 0 Å². The van der Waals surface area contributed by atoms with Gasteiger partial charge in [-0.05, 0) is 49.4 Å². The van der Waals surface area contributed by atoms with Crippen LogP contribution in [0.3, 0.4) is 0 Å². The number of aliphatic hydroxyl groups excluding tert-OH is 1. The molecule has 0 aliphatic carbocycles. The first-order valence-electron chi connectivity index (χ1n) is 34.2. The smallest absolute Gasteiger partial charge is 0.462 e. The van der Waals surface area contributed by atoms with E-state index in [4.69, 9.17) is 37.0 Å². The molecule has 85 heavy (non-hydrogen) atoms. The summed E-state index contributed by atoms with van der Waals surface area (Å²) < 4.78 is 68.1. The third-order valence-electron chi connectivity index (χ3n) is 15.4. The Kier molecular flexibility index (Phi) is 54.8. The zero-order valence-corrected chi connectivity index (χ0v) is 57.0. The zero-order chi connectivity index (χ0) is 63.2. The maximum atomic E-state index is 13.0. The minimum atomic E-state index is -4.95. The Morgan fingerprint density at radius 2 is 0.565 bits per heavy atom. The van der Waals surface area contributed by atoms with Gasteiger partial charge in [0.1, 0.15) is 19.3 Å². The number of hydrogen-bond acceptors (Lipinski definition) is 15. The van der Waals surface area contributed by atoms with Gasteiger partial charge in [0, 0.05) is 25.7 Å². The first-order chi connectivity index (χ1) is 40.6. The number of phosphoric ester groups is 2. The van der Waals surface area contributed by atoms with Crippen LogP contribution in [0.1, 0.15) is 319 Å². The average Bonchev–Trinajstić information content (AvgIpc) is 3.63. The Labute approximate surface area is 517 Å². The van der Waals surface area contributed by atoms with E-state index in [1.165, 1.54) is 109 Å². The van der Waals surface area contributed by atoms with E-state index < -0.39 is 97.5 Å². The van der Waals surface area contributed by atoms with E-state index in [0.29, 0.717) is 37.5 Å². The summed E-state index contributed by atoms with van der Waals surface area (Å²) in [6, 6.07) is 0. The highest BCUT2D eigenvalue weighted by Crippen LogP contribution is 2.45. The highest BCUT2D eigenvalue weighted by molar-refractivity contribution is 7.47. The van der Waals surface area contributed by atoms with Gasteiger partial charge in [0.05, 0.1) is 26.4 Å². The summed E-state index contributed by atoms with van der Waals surface area (Å²) >= 11 is 0. The minimum Gasteiger partial charge on any atom is -0.462 e. The van der Waals surface area contributed by atoms with E-state index in [2.05, 4.69) is 55.4 Å². The van der Waals surface area contributed by atoms with Crippen molar-refractivity contribution in [3.63, 3.8) is 0 Å². The lowest BCUT2D eigenvalue weighted by atomic mass is 9.99. The van der Waals surface area contributed by atoms with E-state index in [9.17, 15) is 43.2 Å². The molecule has 0 rings (SSSR count). The van der Waals surface area contributed by atoms with Crippen LogP contribution in [-0.2, 0) is 65.4 Å². The number of carbonyl (C=O) groups excluding carboxylic acids is 4. The number of unbranched alkanes of at least 4 members (excludes halogenated alkanes) is 28. The fraction of sp³-hybridized carbons (Fsp3) is 0.939. The molecule has 504 valence electrons. The van der Waals surface area contributed by atoms with Crippen LogP contribution in [0.2, 0.25) is 0 Å². The van der Waals surface area contributed by atoms with Gasteiger partial charge in [0.2, 0.25) is 0 Å². The van der Waals surface area contributed by atoms with Crippen molar-refractivity contribution in [3.8, 4) is 0 Å². The molecule has 3 unspecified atom stereocenters. The molecular formula is C66H128O17P2. The lowest BCUT2D eigenvalue weighted by molar-refractivity contribution is -0.161. The molecule has 0 fully saturated rings. The van der Waals surface area contributed by atoms with Crippen LogP contribution in [0.25, 0.3) is 0 Å². The Morgan fingerprint density at radius 3 is 0.835 bits per heavy atom. The Morgan fingerprint density at radius 1 is 0.329 bits per heavy atom. The molecule has 0 aliphatic heterocycles. The summed E-state index contributed by atoms with van der Waals surface area (Å²) in [5, 5.41) is 10.5. The van der Waals surface area contributed by atoms with E-state index in [-0.39, 0.29) is 25.7 Å². The molecule has 0 aliphatic rings. The summed E-state index contributed by atoms with van der Waals surface area (Å²) in [4.78, 5) is 72.3. The van der Waals surface area contributed by atoms with Gasteiger partial charge in [-0.15, -0.1) is 0 Å². The second kappa shape index (κ2) is 56.1. The van der Waals surface area contributed by atoms with Crippen molar-refractivity contribution in [3.05, 3.63) is 0 Å². The number of ether oxygens (including phenoxy) is 4. The quantitative estimate of drug-likeness (QED) is 0.0222. The maximum Gasteiger partial charge on any atom is 0.472 e. The van der Waals surface area contributed by atoms with Gasteiger partial charge < -0.3 is 33.8 Å². The van der Waals surface area contributed by atoms with Gasteiger partial charge in [0.15, 0.2) is 12.2 Å². The Hall–Kier alpha value is -1.94. The van der Waals surface area contributed by atoms with Crippen LogP contribution in [0, 0.1) is 23.7 Å². The van der Waals surface area contributed by atoms with Crippen molar-refractivity contribution in [2.45, 2.75) is 337 Å². The summed E-state index contributed by atoms with van der Waals surface area (Å²) in [7, 11) is -9.89. The van der Waals surface area contributed by atoms with Crippen molar-refractivity contribution < 1.29 is 80.2 Å². The third kappa shape index (κ3) is 59.5. The van der Waals surface area contributed by atoms with Gasteiger partial charge in [0.25, 0.3) is 0 Å². The summed E-state index contributed by atoms with van der Waals surface area (Å²) in [5.41, 5.74) is 0. The number of aliphatic hydroxyl groups is 1. The van der Waals surface area contributed by atoms with Crippen LogP contribution in [-0.4, -0.2) is 96.7 Å². The molecule has 0 radical (unpaired) electrons. The molecule has 0 saturated carbocycles. The van der Waals surface area contributed by atoms with Crippen LogP contribution < -0.4 is 0 Å². The molecule has 0 aromatic rings. The monoisotopic (exact) mass is 1250 g/mol. The lowest BCUT2D eigenvalue weighted by Gasteiger charge is -2.21. The van der Waals surface area contributed by atoms with Gasteiger partial charge in [-0.2, -0.15) is 0 Å². The SMILES string of the molecule is CCC(C)CCCCCCCCCCCCC(=O)O[C@H](COC(=O)CCCCCCCCCC(C)C)COP(=O)(O)OC[C@@H](O)COP(=O)(O)OC[C@@H](COC(=O)CCCCCCCCC(C)C)OC(=O)CCCCCCCCCCCC(C)C. The molecule has 0 bridgehead atoms. The Balaban J connectivity index is 5.25. The number of phosphoric acid groups is 2. The number of carbonyl (C=O) groups is 4. The number of hydrogen-bond donors (Lipinski definition) is 3. The number of rotatable bonds is 63. The largest absolute Gasteiger partial charge is 0.472 e. The molecular weight excluding hydrogens is 1130 g/mol. The molecule has 19 heteroatoms. The predicted octanol–water partition coefficient (Wildman–Crippen LogP) is 18.1. The molecule has 0 amide bonds. The van der Waals surface area contributed by atoms with Crippen molar-refractivity contribution in [1.82, 2.24) is 0 Å². The van der Waals surface area contributed by atoms with Gasteiger partial charge in [-0.3, -0.25) is 37.3 Å². The fourth-order valence-electron chi connectivity index (χ4n) is 9.75. The van der Waals surface area contributed by atoms with Crippen molar-refractivity contribution in [2.75, 3.05) is 39.6 Å². The normalized spacial score (nSPS) is 14.7. The summed E-state index contributed by atoms with van der Waals surface area (Å²) in [6.45, 7) is 14.0. The topological polar surface area (TPSA) is 237 Å². The van der Waals surface area contributed by atoms with E-state index >= 15 is 0 Å². The van der Waals surface area contributed by atoms with E-state index in [1.807, 2.05) is 0 Å². The summed E-state index contributed by atoms with van der Waals surface area (Å²) in [5.74, 6) is 0.786. The zero-order valence-electron chi connectivity index (χ0n) is 55.2. The standard InChI is InChI=1S/C66H128O17P2/c1-9-59(8)45-37-29-20-14-10-11-15-21-32-40-48-65(70)82-61(52-76-63(68)46-38-30-23-17-19-27-35-43-57(4)5)54-80-84(72,73)78-50-60(67)51-79-85(74,75)81-55-62(53-77-64(69)47-39-31-25-24-28-36-44-58(6)7)83-66(71)49-41-33-22-16-12-13-18-26-34-42-56(2)3/h56-62,67H,9-55H2,1-8H3,(H,72,73)(H,74,75)/t59?,60-,61-,62-/m1/s1. The maximum absolute atomic E-state index is 13.0. The predicted molar refractivity (Wildman–Crippen MR) is 340 cm³/mol. The van der Waals surface area contributed by atoms with Crippen molar-refractivity contribution in [2.24, 2.45) is 23.7 Å². The fourth-order valence-corrected chi connectivity index (χ4v) is 11.3. The van der Waals surface area contributed by atoms with E-state index in [1.54, 1.807) is 0 Å². The van der Waals surface area contributed by atoms with Crippen LogP contribution in [0.15, 0.2) is 0 Å². The average molecular weight is 1260 g/mol. The highest BCUT2D eigenvalue weighted by Gasteiger charge is 2.30. The van der Waals surface area contributed by atoms with Gasteiger partial charge >= 0.3 is 39.5 Å². The third-order valence-corrected chi connectivity index (χ3v) is 17.3. The lowest BCUT2D eigenvalue weighted by Crippen LogP contribution is -2.30. The van der Waals surface area contributed by atoms with Gasteiger partial charge in [-0.25, -0.2) is 9.13 Å². The molecule has 0 heterocycles. The van der Waals surface area contributed by atoms with Crippen molar-refractivity contribution in [1.29, 1.82) is 0 Å². The molecule has 6 atom stereocenters. The molecule has 0 aromatic carbocycles. The second-order valence-electron chi connectivity index (χ2n) is 25.5. The molecule has 0 aromatic heterocycles. The Bertz CT molecular complexity index is 1700. The van der Waals surface area contributed by atoms with Crippen LogP contribution >= 0.6 is 15.6 Å². The summed E-state index contributed by atoms with van der Waals surface area (Å²) in [6.07, 6.45) is 36.3. The second-order valence-corrected chi connectivity index (χ2v) is 28.4. The first-order valence-corrected chi connectivity index (χ1v) is 37.2. The van der Waals surface area contributed by atoms with Crippen molar-refractivity contribution >= 4 is 39.5 Å². The molecule has 17 nitrogen and oxygen atoms in total. The number of esters is 4. The first kappa shape index (κ1) is 83.1. The van der Waals surface area contributed by atoms with Crippen LogP contribution in [0.5, 0.6) is 0 Å². The molecule has 0 spiro atoms. The highest BCUT2D eigenvalue weighted by atomic mass is 31.2. The van der Waals surface area contributed by atoms with Gasteiger partial charge in [-0.1, -0.05) is 267 Å².